The van der Waals surface area contributed by atoms with Crippen LogP contribution in [0, 0.1) is 0 Å². The van der Waals surface area contributed by atoms with Crippen molar-refractivity contribution in [3.8, 4) is 0 Å². The summed E-state index contributed by atoms with van der Waals surface area (Å²) in [5.41, 5.74) is 0.594. The number of aliphatic hydroxyl groups is 1. The highest BCUT2D eigenvalue weighted by Crippen LogP contribution is 2.30. The Hall–Kier alpha value is -1.12. The third-order valence-corrected chi connectivity index (χ3v) is 5.13. The largest absolute Gasteiger partial charge is 0.387 e. The van der Waals surface area contributed by atoms with E-state index >= 15 is 0 Å². The van der Waals surface area contributed by atoms with Gasteiger partial charge in [0.05, 0.1) is 23.9 Å². The molecule has 2 aliphatic rings. The summed E-state index contributed by atoms with van der Waals surface area (Å²) in [7, 11) is 0. The normalized spacial score (nSPS) is 29.0. The van der Waals surface area contributed by atoms with Gasteiger partial charge in [-0.1, -0.05) is 0 Å². The highest BCUT2D eigenvalue weighted by atomic mass is 32.1. The van der Waals surface area contributed by atoms with E-state index in [1.165, 1.54) is 17.5 Å². The van der Waals surface area contributed by atoms with Crippen molar-refractivity contribution in [2.24, 2.45) is 0 Å². The van der Waals surface area contributed by atoms with Gasteiger partial charge in [0.1, 0.15) is 4.88 Å². The van der Waals surface area contributed by atoms with E-state index in [4.69, 9.17) is 0 Å². The molecule has 1 atom stereocenters. The lowest BCUT2D eigenvalue weighted by Crippen LogP contribution is -2.49. The number of piperidine rings is 1. The van der Waals surface area contributed by atoms with Gasteiger partial charge in [0.25, 0.3) is 11.8 Å². The first kappa shape index (κ1) is 15.8. The van der Waals surface area contributed by atoms with E-state index in [1.54, 1.807) is 10.4 Å². The van der Waals surface area contributed by atoms with Crippen LogP contribution in [0.2, 0.25) is 0 Å². The first-order valence-electron chi connectivity index (χ1n) is 7.37. The predicted molar refractivity (Wildman–Crippen MR) is 78.2 cm³/mol. The Bertz CT molecular complexity index is 530. The smallest absolute Gasteiger partial charge is 0.265 e. The van der Waals surface area contributed by atoms with Gasteiger partial charge in [-0.05, 0) is 6.42 Å². The van der Waals surface area contributed by atoms with Crippen molar-refractivity contribution < 1.29 is 18.7 Å². The van der Waals surface area contributed by atoms with Crippen molar-refractivity contribution in [1.29, 1.82) is 0 Å². The van der Waals surface area contributed by atoms with Gasteiger partial charge in [-0.15, -0.1) is 11.3 Å². The molecule has 1 aromatic heterocycles. The van der Waals surface area contributed by atoms with E-state index < -0.39 is 11.5 Å². The van der Waals surface area contributed by atoms with Gasteiger partial charge in [-0.3, -0.25) is 14.7 Å². The van der Waals surface area contributed by atoms with Crippen molar-refractivity contribution in [2.75, 3.05) is 32.7 Å². The van der Waals surface area contributed by atoms with Crippen LogP contribution < -0.4 is 0 Å². The quantitative estimate of drug-likeness (QED) is 0.911. The summed E-state index contributed by atoms with van der Waals surface area (Å²) in [5.74, 6) is -2.70. The summed E-state index contributed by atoms with van der Waals surface area (Å²) in [5, 5.41) is 10.7. The molecule has 122 valence electrons. The molecule has 0 aliphatic carbocycles. The second kappa shape index (κ2) is 5.82. The predicted octanol–water partition coefficient (Wildman–Crippen LogP) is 1.45. The minimum Gasteiger partial charge on any atom is -0.387 e. The third kappa shape index (κ3) is 3.44. The Morgan fingerprint density at radius 1 is 1.32 bits per heavy atom. The molecule has 1 amide bonds. The first-order valence-corrected chi connectivity index (χ1v) is 8.25. The number of hydrogen-bond donors (Lipinski definition) is 1. The number of likely N-dealkylation sites (tertiary alicyclic amines) is 2. The number of halogens is 2. The molecule has 3 heterocycles. The molecule has 5 nitrogen and oxygen atoms in total. The summed E-state index contributed by atoms with van der Waals surface area (Å²) in [6.45, 7) is 1.65. The molecule has 8 heteroatoms. The van der Waals surface area contributed by atoms with Crippen LogP contribution in [-0.2, 0) is 0 Å². The molecule has 0 radical (unpaired) electrons. The van der Waals surface area contributed by atoms with Crippen LogP contribution in [0.5, 0.6) is 0 Å². The molecule has 1 aromatic rings. The molecule has 0 spiro atoms. The monoisotopic (exact) mass is 331 g/mol. The molecule has 0 saturated carbocycles. The maximum absolute atomic E-state index is 13.2. The van der Waals surface area contributed by atoms with Crippen LogP contribution in [0.15, 0.2) is 11.7 Å². The van der Waals surface area contributed by atoms with Gasteiger partial charge in [-0.2, -0.15) is 0 Å². The molecule has 1 N–H and O–H groups in total. The van der Waals surface area contributed by atoms with Gasteiger partial charge in [0.2, 0.25) is 0 Å². The summed E-state index contributed by atoms with van der Waals surface area (Å²) in [6.07, 6.45) is 1.68. The Balaban J connectivity index is 1.56. The SMILES string of the molecule is O=C(c1cncs1)N1CC[C@@](O)(CN2CCC(F)(F)CC2)C1. The lowest BCUT2D eigenvalue weighted by molar-refractivity contribution is -0.0720. The lowest BCUT2D eigenvalue weighted by atomic mass is 10.00. The number of hydrogen-bond acceptors (Lipinski definition) is 5. The van der Waals surface area contributed by atoms with E-state index in [0.717, 1.165) is 0 Å². The minimum absolute atomic E-state index is 0.122. The zero-order valence-corrected chi connectivity index (χ0v) is 13.0. The Morgan fingerprint density at radius 2 is 2.05 bits per heavy atom. The molecular weight excluding hydrogens is 312 g/mol. The molecule has 0 unspecified atom stereocenters. The molecule has 3 rings (SSSR count). The Morgan fingerprint density at radius 3 is 2.68 bits per heavy atom. The van der Waals surface area contributed by atoms with Gasteiger partial charge < -0.3 is 10.0 Å². The van der Waals surface area contributed by atoms with Crippen molar-refractivity contribution in [3.05, 3.63) is 16.6 Å². The average molecular weight is 331 g/mol. The van der Waals surface area contributed by atoms with Gasteiger partial charge >= 0.3 is 0 Å². The Kier molecular flexibility index (Phi) is 4.17. The lowest BCUT2D eigenvalue weighted by Gasteiger charge is -2.36. The molecule has 0 bridgehead atoms. The zero-order valence-electron chi connectivity index (χ0n) is 12.2. The number of amides is 1. The fraction of sp³-hybridized carbons (Fsp3) is 0.714. The number of alkyl halides is 2. The van der Waals surface area contributed by atoms with Crippen LogP contribution in [0.3, 0.4) is 0 Å². The summed E-state index contributed by atoms with van der Waals surface area (Å²) in [4.78, 5) is 20.2. The molecular formula is C14H19F2N3O2S. The van der Waals surface area contributed by atoms with E-state index in [9.17, 15) is 18.7 Å². The number of carbonyl (C=O) groups excluding carboxylic acids is 1. The van der Waals surface area contributed by atoms with Crippen LogP contribution in [0.1, 0.15) is 28.9 Å². The second-order valence-corrected chi connectivity index (χ2v) is 7.09. The summed E-state index contributed by atoms with van der Waals surface area (Å²) < 4.78 is 26.3. The Labute approximate surface area is 131 Å². The number of thiazole rings is 1. The topological polar surface area (TPSA) is 56.7 Å². The van der Waals surface area contributed by atoms with Crippen molar-refractivity contribution in [1.82, 2.24) is 14.8 Å². The first-order chi connectivity index (χ1) is 10.4. The second-order valence-electron chi connectivity index (χ2n) is 6.20. The number of β-amino-alcohol motifs (C(OH)–C–C–N with tert-alkyl or cyclic N) is 1. The maximum atomic E-state index is 13.2. The molecule has 0 aromatic carbocycles. The van der Waals surface area contributed by atoms with E-state index in [-0.39, 0.29) is 38.4 Å². The van der Waals surface area contributed by atoms with Crippen molar-refractivity contribution in [3.63, 3.8) is 0 Å². The van der Waals surface area contributed by atoms with E-state index in [1.807, 2.05) is 4.90 Å². The maximum Gasteiger partial charge on any atom is 0.265 e. The fourth-order valence-corrected chi connectivity index (χ4v) is 3.68. The van der Waals surface area contributed by atoms with Gasteiger partial charge in [-0.25, -0.2) is 8.78 Å². The number of carbonyl (C=O) groups is 1. The molecule has 2 aliphatic heterocycles. The minimum atomic E-state index is -2.58. The zero-order chi connectivity index (χ0) is 15.8. The van der Waals surface area contributed by atoms with Crippen LogP contribution in [-0.4, -0.2) is 70.0 Å². The van der Waals surface area contributed by atoms with Crippen LogP contribution >= 0.6 is 11.3 Å². The van der Waals surface area contributed by atoms with Gasteiger partial charge in [0, 0.05) is 39.0 Å². The molecule has 2 saturated heterocycles. The van der Waals surface area contributed by atoms with Crippen LogP contribution in [0.25, 0.3) is 0 Å². The average Bonchev–Trinajstić information content (AvgIpc) is 3.11. The van der Waals surface area contributed by atoms with E-state index in [0.29, 0.717) is 24.4 Å². The highest BCUT2D eigenvalue weighted by Gasteiger charge is 2.42. The summed E-state index contributed by atoms with van der Waals surface area (Å²) in [6, 6.07) is 0. The number of aromatic nitrogens is 1. The van der Waals surface area contributed by atoms with E-state index in [2.05, 4.69) is 4.98 Å². The number of rotatable bonds is 3. The standard InChI is InChI=1S/C14H19F2N3O2S/c15-14(16)2-4-18(5-3-14)8-13(21)1-6-19(9-13)12(20)11-7-17-10-22-11/h7,10,21H,1-6,8-9H2/t13-/m1/s1. The highest BCUT2D eigenvalue weighted by molar-refractivity contribution is 7.11. The summed E-state index contributed by atoms with van der Waals surface area (Å²) >= 11 is 1.28. The van der Waals surface area contributed by atoms with Gasteiger partial charge in [0.15, 0.2) is 0 Å². The third-order valence-electron chi connectivity index (χ3n) is 4.37. The van der Waals surface area contributed by atoms with Crippen molar-refractivity contribution in [2.45, 2.75) is 30.8 Å². The van der Waals surface area contributed by atoms with Crippen molar-refractivity contribution >= 4 is 17.2 Å². The van der Waals surface area contributed by atoms with Crippen LogP contribution in [0.4, 0.5) is 8.78 Å². The fourth-order valence-electron chi connectivity index (χ4n) is 3.09. The molecule has 2 fully saturated rings. The number of nitrogens with zero attached hydrogens (tertiary/aromatic N) is 3. The molecule has 22 heavy (non-hydrogen) atoms.